The molecule has 5 heteroatoms. The summed E-state index contributed by atoms with van der Waals surface area (Å²) in [4.78, 5) is 11.5. The van der Waals surface area contributed by atoms with Crippen LogP contribution in [0.1, 0.15) is 11.4 Å². The standard InChI is InChI=1S/C15H9ClN4/c16-12-5-3-10(4-6-12)8-11(9-17)14-19-13-2-1-7-18-15(13)20-14/h1-8H,(H,18,19,20)/b11-8+. The van der Waals surface area contributed by atoms with Crippen LogP contribution in [0, 0.1) is 11.3 Å². The van der Waals surface area contributed by atoms with Gasteiger partial charge in [0.15, 0.2) is 11.5 Å². The Morgan fingerprint density at radius 2 is 2.05 bits per heavy atom. The summed E-state index contributed by atoms with van der Waals surface area (Å²) in [5.41, 5.74) is 2.74. The number of hydrogen-bond acceptors (Lipinski definition) is 3. The molecule has 0 unspecified atom stereocenters. The van der Waals surface area contributed by atoms with Gasteiger partial charge in [0.1, 0.15) is 6.07 Å². The van der Waals surface area contributed by atoms with Gasteiger partial charge in [0.05, 0.1) is 11.1 Å². The highest BCUT2D eigenvalue weighted by Gasteiger charge is 2.08. The molecule has 0 aliphatic rings. The molecule has 1 N–H and O–H groups in total. The van der Waals surface area contributed by atoms with Gasteiger partial charge in [-0.3, -0.25) is 0 Å². The largest absolute Gasteiger partial charge is 0.336 e. The molecular weight excluding hydrogens is 272 g/mol. The fraction of sp³-hybridized carbons (Fsp3) is 0. The molecule has 20 heavy (non-hydrogen) atoms. The predicted octanol–water partition coefficient (Wildman–Crippen LogP) is 3.68. The number of benzene rings is 1. The van der Waals surface area contributed by atoms with E-state index in [1.807, 2.05) is 24.3 Å². The molecular formula is C15H9ClN4. The number of rotatable bonds is 2. The second kappa shape index (κ2) is 5.16. The number of aromatic amines is 1. The molecule has 0 fully saturated rings. The average Bonchev–Trinajstić information content (AvgIpc) is 2.90. The Hall–Kier alpha value is -2.64. The molecule has 0 aliphatic heterocycles. The van der Waals surface area contributed by atoms with Gasteiger partial charge in [0.25, 0.3) is 0 Å². The number of halogens is 1. The van der Waals surface area contributed by atoms with Crippen molar-refractivity contribution in [3.05, 3.63) is 59.0 Å². The quantitative estimate of drug-likeness (QED) is 0.728. The molecule has 3 aromatic rings. The van der Waals surface area contributed by atoms with Crippen LogP contribution in [0.25, 0.3) is 22.8 Å². The van der Waals surface area contributed by atoms with Gasteiger partial charge in [-0.1, -0.05) is 23.7 Å². The van der Waals surface area contributed by atoms with Crippen LogP contribution in [0.2, 0.25) is 5.02 Å². The summed E-state index contributed by atoms with van der Waals surface area (Å²) >= 11 is 5.84. The van der Waals surface area contributed by atoms with Gasteiger partial charge in [0, 0.05) is 11.2 Å². The van der Waals surface area contributed by atoms with E-state index in [0.717, 1.165) is 11.1 Å². The Morgan fingerprint density at radius 3 is 2.75 bits per heavy atom. The van der Waals surface area contributed by atoms with E-state index in [0.29, 0.717) is 22.1 Å². The highest BCUT2D eigenvalue weighted by molar-refractivity contribution is 6.30. The van der Waals surface area contributed by atoms with Crippen molar-refractivity contribution in [1.82, 2.24) is 15.0 Å². The molecule has 0 saturated carbocycles. The third-order valence-electron chi connectivity index (χ3n) is 2.81. The van der Waals surface area contributed by atoms with E-state index in [2.05, 4.69) is 21.0 Å². The van der Waals surface area contributed by atoms with Crippen LogP contribution in [0.3, 0.4) is 0 Å². The van der Waals surface area contributed by atoms with Crippen LogP contribution in [-0.4, -0.2) is 15.0 Å². The normalized spacial score (nSPS) is 11.5. The van der Waals surface area contributed by atoms with Crippen LogP contribution in [-0.2, 0) is 0 Å². The SMILES string of the molecule is N#C/C(=C\c1ccc(Cl)cc1)c1nc2ncccc2[nH]1. The van der Waals surface area contributed by atoms with Crippen molar-refractivity contribution in [2.45, 2.75) is 0 Å². The van der Waals surface area contributed by atoms with Crippen LogP contribution in [0.4, 0.5) is 0 Å². The Balaban J connectivity index is 2.05. The van der Waals surface area contributed by atoms with Crippen molar-refractivity contribution in [3.8, 4) is 6.07 Å². The van der Waals surface area contributed by atoms with Crippen molar-refractivity contribution in [1.29, 1.82) is 5.26 Å². The zero-order chi connectivity index (χ0) is 13.9. The van der Waals surface area contributed by atoms with Gasteiger partial charge >= 0.3 is 0 Å². The first-order valence-corrected chi connectivity index (χ1v) is 6.32. The third-order valence-corrected chi connectivity index (χ3v) is 3.07. The molecule has 0 atom stereocenters. The van der Waals surface area contributed by atoms with E-state index in [1.165, 1.54) is 0 Å². The number of pyridine rings is 1. The number of aromatic nitrogens is 3. The Morgan fingerprint density at radius 1 is 1.25 bits per heavy atom. The number of nitriles is 1. The minimum absolute atomic E-state index is 0.449. The second-order valence-electron chi connectivity index (χ2n) is 4.18. The van der Waals surface area contributed by atoms with Crippen molar-refractivity contribution in [3.63, 3.8) is 0 Å². The molecule has 0 spiro atoms. The third kappa shape index (κ3) is 2.40. The zero-order valence-electron chi connectivity index (χ0n) is 10.3. The summed E-state index contributed by atoms with van der Waals surface area (Å²) in [5.74, 6) is 0.510. The molecule has 0 saturated heterocycles. The molecule has 4 nitrogen and oxygen atoms in total. The van der Waals surface area contributed by atoms with Crippen LogP contribution in [0.5, 0.6) is 0 Å². The first kappa shape index (κ1) is 12.4. The average molecular weight is 281 g/mol. The second-order valence-corrected chi connectivity index (χ2v) is 4.62. The Labute approximate surface area is 120 Å². The van der Waals surface area contributed by atoms with Gasteiger partial charge < -0.3 is 4.98 Å². The first-order valence-electron chi connectivity index (χ1n) is 5.95. The molecule has 2 aromatic heterocycles. The number of nitrogens with one attached hydrogen (secondary N) is 1. The van der Waals surface area contributed by atoms with Gasteiger partial charge in [0.2, 0.25) is 0 Å². The lowest BCUT2D eigenvalue weighted by atomic mass is 10.1. The highest BCUT2D eigenvalue weighted by atomic mass is 35.5. The maximum absolute atomic E-state index is 9.30. The van der Waals surface area contributed by atoms with Gasteiger partial charge in [-0.15, -0.1) is 0 Å². The van der Waals surface area contributed by atoms with Crippen molar-refractivity contribution in [2.24, 2.45) is 0 Å². The molecule has 3 rings (SSSR count). The maximum atomic E-state index is 9.30. The van der Waals surface area contributed by atoms with Crippen LogP contribution < -0.4 is 0 Å². The minimum atomic E-state index is 0.449. The zero-order valence-corrected chi connectivity index (χ0v) is 11.1. The molecule has 0 bridgehead atoms. The summed E-state index contributed by atoms with van der Waals surface area (Å²) in [7, 11) is 0. The van der Waals surface area contributed by atoms with Gasteiger partial charge in [-0.25, -0.2) is 9.97 Å². The molecule has 96 valence electrons. The smallest absolute Gasteiger partial charge is 0.178 e. The van der Waals surface area contributed by atoms with Gasteiger partial charge in [-0.05, 0) is 35.9 Å². The van der Waals surface area contributed by atoms with E-state index in [-0.39, 0.29) is 0 Å². The van der Waals surface area contributed by atoms with Crippen molar-refractivity contribution < 1.29 is 0 Å². The number of hydrogen-bond donors (Lipinski definition) is 1. The number of imidazole rings is 1. The summed E-state index contributed by atoms with van der Waals surface area (Å²) in [6, 6.07) is 13.1. The number of allylic oxidation sites excluding steroid dienone is 1. The first-order chi connectivity index (χ1) is 9.76. The lowest BCUT2D eigenvalue weighted by molar-refractivity contribution is 1.25. The number of fused-ring (bicyclic) bond motifs is 1. The molecule has 0 aliphatic carbocycles. The lowest BCUT2D eigenvalue weighted by Gasteiger charge is -1.96. The summed E-state index contributed by atoms with van der Waals surface area (Å²) < 4.78 is 0. The van der Waals surface area contributed by atoms with E-state index in [4.69, 9.17) is 11.6 Å². The number of nitrogens with zero attached hydrogens (tertiary/aromatic N) is 3. The van der Waals surface area contributed by atoms with Crippen molar-refractivity contribution >= 4 is 34.4 Å². The van der Waals surface area contributed by atoms with Gasteiger partial charge in [-0.2, -0.15) is 5.26 Å². The highest BCUT2D eigenvalue weighted by Crippen LogP contribution is 2.19. The van der Waals surface area contributed by atoms with Crippen molar-refractivity contribution in [2.75, 3.05) is 0 Å². The summed E-state index contributed by atoms with van der Waals surface area (Å²) in [6.07, 6.45) is 3.43. The fourth-order valence-corrected chi connectivity index (χ4v) is 1.98. The fourth-order valence-electron chi connectivity index (χ4n) is 1.85. The Kier molecular flexibility index (Phi) is 3.20. The molecule has 1 aromatic carbocycles. The monoisotopic (exact) mass is 280 g/mol. The molecule has 2 heterocycles. The Bertz CT molecular complexity index is 792. The maximum Gasteiger partial charge on any atom is 0.178 e. The van der Waals surface area contributed by atoms with Crippen LogP contribution >= 0.6 is 11.6 Å². The van der Waals surface area contributed by atoms with E-state index in [1.54, 1.807) is 24.4 Å². The van der Waals surface area contributed by atoms with E-state index < -0.39 is 0 Å². The topological polar surface area (TPSA) is 65.4 Å². The predicted molar refractivity (Wildman–Crippen MR) is 78.8 cm³/mol. The van der Waals surface area contributed by atoms with E-state index >= 15 is 0 Å². The summed E-state index contributed by atoms with van der Waals surface area (Å²) in [5, 5.41) is 9.96. The minimum Gasteiger partial charge on any atom is -0.336 e. The van der Waals surface area contributed by atoms with Crippen LogP contribution in [0.15, 0.2) is 42.6 Å². The lowest BCUT2D eigenvalue weighted by Crippen LogP contribution is -1.85. The van der Waals surface area contributed by atoms with E-state index in [9.17, 15) is 5.26 Å². The summed E-state index contributed by atoms with van der Waals surface area (Å²) in [6.45, 7) is 0. The molecule has 0 amide bonds. The molecule has 0 radical (unpaired) electrons. The number of H-pyrrole nitrogens is 1.